The number of nitrogens with zero attached hydrogens (tertiary/aromatic N) is 1. The van der Waals surface area contributed by atoms with Crippen LogP contribution >= 0.6 is 11.6 Å². The lowest BCUT2D eigenvalue weighted by Crippen LogP contribution is -2.31. The van der Waals surface area contributed by atoms with Gasteiger partial charge >= 0.3 is 0 Å². The number of anilines is 2. The second kappa shape index (κ2) is 6.30. The van der Waals surface area contributed by atoms with Crippen LogP contribution in [0.5, 0.6) is 0 Å². The first-order chi connectivity index (χ1) is 11.0. The maximum Gasteiger partial charge on any atom is 0.246 e. The zero-order valence-electron chi connectivity index (χ0n) is 12.8. The summed E-state index contributed by atoms with van der Waals surface area (Å²) in [5.74, 6) is 0.481. The van der Waals surface area contributed by atoms with E-state index in [9.17, 15) is 4.79 Å². The van der Waals surface area contributed by atoms with E-state index < -0.39 is 6.04 Å². The molecule has 1 amide bonds. The molecule has 0 aliphatic rings. The topological polar surface area (TPSA) is 67.2 Å². The summed E-state index contributed by atoms with van der Waals surface area (Å²) in [5.41, 5.74) is 3.00. The number of benzene rings is 2. The molecule has 3 rings (SSSR count). The van der Waals surface area contributed by atoms with Crippen LogP contribution in [-0.4, -0.2) is 16.9 Å². The quantitative estimate of drug-likeness (QED) is 0.751. The maximum atomic E-state index is 12.2. The van der Waals surface area contributed by atoms with Crippen LogP contribution in [0.15, 0.2) is 46.9 Å². The van der Waals surface area contributed by atoms with Gasteiger partial charge in [0.15, 0.2) is 11.5 Å². The van der Waals surface area contributed by atoms with Gasteiger partial charge in [-0.15, -0.1) is 0 Å². The number of carbonyl (C=O) groups is 1. The van der Waals surface area contributed by atoms with Gasteiger partial charge in [-0.3, -0.25) is 4.79 Å². The van der Waals surface area contributed by atoms with Crippen LogP contribution in [0.25, 0.3) is 11.1 Å². The fourth-order valence-corrected chi connectivity index (χ4v) is 2.36. The largest absolute Gasteiger partial charge is 0.441 e. The number of halogens is 1. The molecule has 2 aromatic carbocycles. The second-order valence-electron chi connectivity index (χ2n) is 5.28. The molecule has 2 N–H and O–H groups in total. The van der Waals surface area contributed by atoms with Crippen LogP contribution in [-0.2, 0) is 4.79 Å². The molecule has 0 saturated heterocycles. The zero-order chi connectivity index (χ0) is 16.4. The highest BCUT2D eigenvalue weighted by Gasteiger charge is 2.13. The lowest BCUT2D eigenvalue weighted by molar-refractivity contribution is -0.116. The van der Waals surface area contributed by atoms with Crippen molar-refractivity contribution in [2.24, 2.45) is 0 Å². The van der Waals surface area contributed by atoms with Gasteiger partial charge in [-0.1, -0.05) is 11.6 Å². The Balaban J connectivity index is 1.67. The number of aryl methyl sites for hydroxylation is 1. The number of aromatic nitrogens is 1. The smallest absolute Gasteiger partial charge is 0.246 e. The third kappa shape index (κ3) is 3.63. The monoisotopic (exact) mass is 329 g/mol. The second-order valence-corrected chi connectivity index (χ2v) is 5.71. The predicted molar refractivity (Wildman–Crippen MR) is 91.9 cm³/mol. The average Bonchev–Trinajstić information content (AvgIpc) is 2.88. The number of fused-ring (bicyclic) bond motifs is 1. The Bertz CT molecular complexity index is 843. The summed E-state index contributed by atoms with van der Waals surface area (Å²) >= 11 is 5.83. The molecule has 118 valence electrons. The summed E-state index contributed by atoms with van der Waals surface area (Å²) in [6, 6.07) is 12.1. The molecule has 0 saturated carbocycles. The Kier molecular flexibility index (Phi) is 4.21. The van der Waals surface area contributed by atoms with Crippen molar-refractivity contribution in [2.75, 3.05) is 10.6 Å². The Morgan fingerprint density at radius 3 is 2.61 bits per heavy atom. The summed E-state index contributed by atoms with van der Waals surface area (Å²) in [4.78, 5) is 16.5. The Hall–Kier alpha value is -2.53. The van der Waals surface area contributed by atoms with E-state index in [2.05, 4.69) is 15.6 Å². The molecule has 0 radical (unpaired) electrons. The maximum absolute atomic E-state index is 12.2. The van der Waals surface area contributed by atoms with Crippen LogP contribution in [0.1, 0.15) is 12.8 Å². The Labute approximate surface area is 138 Å². The van der Waals surface area contributed by atoms with Crippen molar-refractivity contribution < 1.29 is 9.21 Å². The fraction of sp³-hybridized carbons (Fsp3) is 0.176. The molecule has 6 heteroatoms. The normalized spacial score (nSPS) is 12.1. The van der Waals surface area contributed by atoms with E-state index in [1.807, 2.05) is 18.2 Å². The molecule has 0 fully saturated rings. The van der Waals surface area contributed by atoms with E-state index in [1.54, 1.807) is 38.1 Å². The molecule has 1 atom stereocenters. The first kappa shape index (κ1) is 15.4. The molecule has 1 heterocycles. The van der Waals surface area contributed by atoms with Crippen LogP contribution < -0.4 is 10.6 Å². The van der Waals surface area contributed by atoms with Gasteiger partial charge in [0.05, 0.1) is 0 Å². The van der Waals surface area contributed by atoms with Gasteiger partial charge in [0.1, 0.15) is 11.6 Å². The number of carbonyl (C=O) groups excluding carboxylic acids is 1. The Morgan fingerprint density at radius 2 is 1.87 bits per heavy atom. The highest BCUT2D eigenvalue weighted by molar-refractivity contribution is 6.30. The number of hydrogen-bond acceptors (Lipinski definition) is 4. The third-order valence-corrected chi connectivity index (χ3v) is 3.63. The van der Waals surface area contributed by atoms with E-state index in [1.165, 1.54) is 0 Å². The van der Waals surface area contributed by atoms with Gasteiger partial charge in [0.25, 0.3) is 0 Å². The summed E-state index contributed by atoms with van der Waals surface area (Å²) in [6.45, 7) is 3.60. The highest BCUT2D eigenvalue weighted by Crippen LogP contribution is 2.20. The van der Waals surface area contributed by atoms with Crippen LogP contribution in [0, 0.1) is 6.92 Å². The highest BCUT2D eigenvalue weighted by atomic mass is 35.5. The van der Waals surface area contributed by atoms with E-state index in [0.29, 0.717) is 16.6 Å². The van der Waals surface area contributed by atoms with Crippen molar-refractivity contribution in [3.63, 3.8) is 0 Å². The standard InChI is InChI=1S/C17H16ClN3O2/c1-10(17(22)21-13-5-3-12(18)4-6-13)19-14-7-8-16-15(9-14)20-11(2)23-16/h3-10,19H,1-2H3,(H,21,22)/t10-/m1/s1. The van der Waals surface area contributed by atoms with Gasteiger partial charge in [0.2, 0.25) is 5.91 Å². The molecule has 3 aromatic rings. The first-order valence-electron chi connectivity index (χ1n) is 7.21. The summed E-state index contributed by atoms with van der Waals surface area (Å²) in [7, 11) is 0. The van der Waals surface area contributed by atoms with Gasteiger partial charge < -0.3 is 15.1 Å². The molecule has 0 aliphatic heterocycles. The van der Waals surface area contributed by atoms with Crippen LogP contribution in [0.3, 0.4) is 0 Å². The molecule has 0 unspecified atom stereocenters. The number of amides is 1. The Morgan fingerprint density at radius 1 is 1.17 bits per heavy atom. The predicted octanol–water partition coefficient (Wildman–Crippen LogP) is 4.23. The third-order valence-electron chi connectivity index (χ3n) is 3.38. The minimum Gasteiger partial charge on any atom is -0.441 e. The van der Waals surface area contributed by atoms with Gasteiger partial charge in [0, 0.05) is 23.3 Å². The lowest BCUT2D eigenvalue weighted by atomic mass is 10.2. The lowest BCUT2D eigenvalue weighted by Gasteiger charge is -2.15. The van der Waals surface area contributed by atoms with Crippen molar-refractivity contribution in [3.8, 4) is 0 Å². The van der Waals surface area contributed by atoms with E-state index in [4.69, 9.17) is 16.0 Å². The van der Waals surface area contributed by atoms with E-state index in [-0.39, 0.29) is 5.91 Å². The molecule has 0 spiro atoms. The molecular weight excluding hydrogens is 314 g/mol. The van der Waals surface area contributed by atoms with Crippen LogP contribution in [0.4, 0.5) is 11.4 Å². The van der Waals surface area contributed by atoms with Crippen molar-refractivity contribution in [1.82, 2.24) is 4.98 Å². The van der Waals surface area contributed by atoms with Crippen molar-refractivity contribution in [3.05, 3.63) is 53.4 Å². The molecular formula is C17H16ClN3O2. The summed E-state index contributed by atoms with van der Waals surface area (Å²) in [6.07, 6.45) is 0. The minimum absolute atomic E-state index is 0.135. The summed E-state index contributed by atoms with van der Waals surface area (Å²) in [5, 5.41) is 6.62. The first-order valence-corrected chi connectivity index (χ1v) is 7.59. The number of nitrogens with one attached hydrogen (secondary N) is 2. The zero-order valence-corrected chi connectivity index (χ0v) is 13.5. The van der Waals surface area contributed by atoms with Gasteiger partial charge in [-0.05, 0) is 49.4 Å². The fourth-order valence-electron chi connectivity index (χ4n) is 2.23. The SMILES string of the molecule is Cc1nc2cc(N[C@H](C)C(=O)Nc3ccc(Cl)cc3)ccc2o1. The van der Waals surface area contributed by atoms with Gasteiger partial charge in [-0.2, -0.15) is 0 Å². The average molecular weight is 330 g/mol. The number of oxazole rings is 1. The summed E-state index contributed by atoms with van der Waals surface area (Å²) < 4.78 is 5.43. The molecule has 0 aliphatic carbocycles. The van der Waals surface area contributed by atoms with E-state index >= 15 is 0 Å². The van der Waals surface area contributed by atoms with E-state index in [0.717, 1.165) is 16.8 Å². The van der Waals surface area contributed by atoms with Crippen molar-refractivity contribution in [1.29, 1.82) is 0 Å². The molecule has 0 bridgehead atoms. The van der Waals surface area contributed by atoms with Crippen molar-refractivity contribution >= 4 is 40.0 Å². The van der Waals surface area contributed by atoms with Crippen LogP contribution in [0.2, 0.25) is 5.02 Å². The minimum atomic E-state index is -0.406. The van der Waals surface area contributed by atoms with Gasteiger partial charge in [-0.25, -0.2) is 4.98 Å². The molecule has 5 nitrogen and oxygen atoms in total. The van der Waals surface area contributed by atoms with Crippen molar-refractivity contribution in [2.45, 2.75) is 19.9 Å². The molecule has 1 aromatic heterocycles. The number of rotatable bonds is 4. The number of hydrogen-bond donors (Lipinski definition) is 2. The molecule has 23 heavy (non-hydrogen) atoms.